The van der Waals surface area contributed by atoms with Crippen molar-refractivity contribution >= 4 is 25.8 Å². The SMILES string of the molecule is Cc1ccc(CNCCCS(C)(=O)=O)c(Br)c1. The van der Waals surface area contributed by atoms with Crippen molar-refractivity contribution in [2.75, 3.05) is 18.6 Å². The Bertz CT molecular complexity index is 471. The molecule has 1 N–H and O–H groups in total. The molecule has 5 heteroatoms. The van der Waals surface area contributed by atoms with Gasteiger partial charge in [-0.1, -0.05) is 28.1 Å². The number of hydrogen-bond donors (Lipinski definition) is 1. The van der Waals surface area contributed by atoms with Gasteiger partial charge in [-0.05, 0) is 37.1 Å². The van der Waals surface area contributed by atoms with E-state index in [1.54, 1.807) is 0 Å². The highest BCUT2D eigenvalue weighted by Gasteiger charge is 2.02. The number of halogens is 1. The number of sulfone groups is 1. The number of hydrogen-bond acceptors (Lipinski definition) is 3. The van der Waals surface area contributed by atoms with Crippen molar-refractivity contribution in [3.63, 3.8) is 0 Å². The fraction of sp³-hybridized carbons (Fsp3) is 0.500. The first kappa shape index (κ1) is 14.7. The van der Waals surface area contributed by atoms with Gasteiger partial charge in [-0.15, -0.1) is 0 Å². The normalized spacial score (nSPS) is 11.7. The second kappa shape index (κ2) is 6.52. The highest BCUT2D eigenvalue weighted by atomic mass is 79.9. The molecule has 1 rings (SSSR count). The van der Waals surface area contributed by atoms with Crippen molar-refractivity contribution in [3.8, 4) is 0 Å². The minimum Gasteiger partial charge on any atom is -0.313 e. The molecule has 0 aliphatic rings. The Morgan fingerprint density at radius 1 is 1.35 bits per heavy atom. The van der Waals surface area contributed by atoms with Crippen molar-refractivity contribution in [2.24, 2.45) is 0 Å². The van der Waals surface area contributed by atoms with Crippen molar-refractivity contribution in [2.45, 2.75) is 19.9 Å². The standard InChI is InChI=1S/C12H18BrNO2S/c1-10-4-5-11(12(13)8-10)9-14-6-3-7-17(2,15)16/h4-5,8,14H,3,6-7,9H2,1-2H3. The fourth-order valence-corrected chi connectivity index (χ4v) is 2.78. The van der Waals surface area contributed by atoms with Crippen molar-refractivity contribution in [1.29, 1.82) is 0 Å². The molecule has 0 saturated heterocycles. The lowest BCUT2D eigenvalue weighted by atomic mass is 10.1. The van der Waals surface area contributed by atoms with Crippen LogP contribution in [-0.2, 0) is 16.4 Å². The van der Waals surface area contributed by atoms with E-state index >= 15 is 0 Å². The molecule has 3 nitrogen and oxygen atoms in total. The molecule has 1 aromatic rings. The lowest BCUT2D eigenvalue weighted by Gasteiger charge is -2.07. The number of benzene rings is 1. The monoisotopic (exact) mass is 319 g/mol. The fourth-order valence-electron chi connectivity index (χ4n) is 1.48. The van der Waals surface area contributed by atoms with Crippen molar-refractivity contribution in [3.05, 3.63) is 33.8 Å². The maximum absolute atomic E-state index is 10.9. The van der Waals surface area contributed by atoms with Gasteiger partial charge in [-0.25, -0.2) is 8.42 Å². The summed E-state index contributed by atoms with van der Waals surface area (Å²) in [5.41, 5.74) is 2.41. The lowest BCUT2D eigenvalue weighted by molar-refractivity contribution is 0.594. The van der Waals surface area contributed by atoms with Gasteiger partial charge in [0.05, 0.1) is 5.75 Å². The Morgan fingerprint density at radius 2 is 2.06 bits per heavy atom. The Kier molecular flexibility index (Phi) is 5.62. The number of rotatable bonds is 6. The Morgan fingerprint density at radius 3 is 2.65 bits per heavy atom. The molecule has 1 aromatic carbocycles. The van der Waals surface area contributed by atoms with E-state index in [1.807, 2.05) is 6.92 Å². The van der Waals surface area contributed by atoms with E-state index in [0.717, 1.165) is 11.0 Å². The summed E-state index contributed by atoms with van der Waals surface area (Å²) in [6.07, 6.45) is 1.92. The van der Waals surface area contributed by atoms with Gasteiger partial charge >= 0.3 is 0 Å². The van der Waals surface area contributed by atoms with Crippen LogP contribution in [0.5, 0.6) is 0 Å². The van der Waals surface area contributed by atoms with E-state index in [4.69, 9.17) is 0 Å². The predicted molar refractivity (Wildman–Crippen MR) is 74.9 cm³/mol. The summed E-state index contributed by atoms with van der Waals surface area (Å²) in [4.78, 5) is 0. The molecule has 0 heterocycles. The van der Waals surface area contributed by atoms with Crippen LogP contribution in [0.15, 0.2) is 22.7 Å². The molecule has 96 valence electrons. The first-order chi connectivity index (χ1) is 7.88. The summed E-state index contributed by atoms with van der Waals surface area (Å²) in [5.74, 6) is 0.245. The summed E-state index contributed by atoms with van der Waals surface area (Å²) in [5, 5.41) is 3.24. The van der Waals surface area contributed by atoms with E-state index in [0.29, 0.717) is 13.0 Å². The van der Waals surface area contributed by atoms with E-state index in [-0.39, 0.29) is 5.75 Å². The van der Waals surface area contributed by atoms with E-state index in [9.17, 15) is 8.42 Å². The van der Waals surface area contributed by atoms with Gasteiger partial charge in [-0.3, -0.25) is 0 Å². The maximum atomic E-state index is 10.9. The molecule has 0 aliphatic carbocycles. The summed E-state index contributed by atoms with van der Waals surface area (Å²) in [7, 11) is -2.83. The highest BCUT2D eigenvalue weighted by Crippen LogP contribution is 2.17. The molecule has 0 aliphatic heterocycles. The van der Waals surface area contributed by atoms with E-state index in [1.165, 1.54) is 17.4 Å². The topological polar surface area (TPSA) is 46.2 Å². The molecular formula is C12H18BrNO2S. The second-order valence-electron chi connectivity index (χ2n) is 4.26. The molecule has 0 saturated carbocycles. The third-order valence-corrected chi connectivity index (χ3v) is 4.16. The first-order valence-electron chi connectivity index (χ1n) is 5.52. The van der Waals surface area contributed by atoms with Crippen LogP contribution in [0.2, 0.25) is 0 Å². The molecule has 0 atom stereocenters. The molecule has 0 spiro atoms. The molecule has 0 amide bonds. The molecule has 0 radical (unpaired) electrons. The highest BCUT2D eigenvalue weighted by molar-refractivity contribution is 9.10. The zero-order valence-corrected chi connectivity index (χ0v) is 12.6. The predicted octanol–water partition coefficient (Wildman–Crippen LogP) is 2.28. The molecule has 0 aromatic heterocycles. The Balaban J connectivity index is 2.32. The van der Waals surface area contributed by atoms with E-state index < -0.39 is 9.84 Å². The molecule has 0 bridgehead atoms. The van der Waals surface area contributed by atoms with Gasteiger partial charge in [0.1, 0.15) is 9.84 Å². The van der Waals surface area contributed by atoms with Crippen LogP contribution in [-0.4, -0.2) is 27.0 Å². The van der Waals surface area contributed by atoms with Gasteiger partial charge in [0.2, 0.25) is 0 Å². The average molecular weight is 320 g/mol. The first-order valence-corrected chi connectivity index (χ1v) is 8.37. The van der Waals surface area contributed by atoms with Crippen LogP contribution in [0.4, 0.5) is 0 Å². The van der Waals surface area contributed by atoms with Crippen molar-refractivity contribution < 1.29 is 8.42 Å². The van der Waals surface area contributed by atoms with Crippen LogP contribution < -0.4 is 5.32 Å². The van der Waals surface area contributed by atoms with Crippen LogP contribution in [0.1, 0.15) is 17.5 Å². The smallest absolute Gasteiger partial charge is 0.147 e. The van der Waals surface area contributed by atoms with Gasteiger partial charge in [-0.2, -0.15) is 0 Å². The second-order valence-corrected chi connectivity index (χ2v) is 7.37. The van der Waals surface area contributed by atoms with E-state index in [2.05, 4.69) is 39.4 Å². The minimum absolute atomic E-state index is 0.245. The maximum Gasteiger partial charge on any atom is 0.147 e. The largest absolute Gasteiger partial charge is 0.313 e. The third-order valence-electron chi connectivity index (χ3n) is 2.39. The van der Waals surface area contributed by atoms with Gasteiger partial charge < -0.3 is 5.32 Å². The zero-order chi connectivity index (χ0) is 12.9. The lowest BCUT2D eigenvalue weighted by Crippen LogP contribution is -2.18. The quantitative estimate of drug-likeness (QED) is 0.818. The van der Waals surface area contributed by atoms with Crippen LogP contribution >= 0.6 is 15.9 Å². The minimum atomic E-state index is -2.83. The molecule has 0 fully saturated rings. The zero-order valence-electron chi connectivity index (χ0n) is 10.2. The number of aryl methyl sites for hydroxylation is 1. The third kappa shape index (κ3) is 6.19. The Labute approximate surface area is 112 Å². The van der Waals surface area contributed by atoms with Crippen molar-refractivity contribution in [1.82, 2.24) is 5.32 Å². The molecule has 17 heavy (non-hydrogen) atoms. The van der Waals surface area contributed by atoms with Crippen LogP contribution in [0, 0.1) is 6.92 Å². The van der Waals surface area contributed by atoms with Gasteiger partial charge in [0.15, 0.2) is 0 Å². The van der Waals surface area contributed by atoms with Gasteiger partial charge in [0, 0.05) is 17.3 Å². The summed E-state index contributed by atoms with van der Waals surface area (Å²) in [6.45, 7) is 3.52. The number of nitrogens with one attached hydrogen (secondary N) is 1. The molecule has 0 unspecified atom stereocenters. The van der Waals surface area contributed by atoms with Crippen LogP contribution in [0.25, 0.3) is 0 Å². The Hall–Kier alpha value is -0.390. The van der Waals surface area contributed by atoms with Gasteiger partial charge in [0.25, 0.3) is 0 Å². The summed E-state index contributed by atoms with van der Waals surface area (Å²) >= 11 is 3.51. The summed E-state index contributed by atoms with van der Waals surface area (Å²) < 4.78 is 22.9. The average Bonchev–Trinajstić information content (AvgIpc) is 2.18. The van der Waals surface area contributed by atoms with Crippen LogP contribution in [0.3, 0.4) is 0 Å². The summed E-state index contributed by atoms with van der Waals surface area (Å²) in [6, 6.07) is 6.22. The molecular weight excluding hydrogens is 302 g/mol.